The number of sulfone groups is 1. The van der Waals surface area contributed by atoms with Crippen molar-refractivity contribution in [1.82, 2.24) is 0 Å². The van der Waals surface area contributed by atoms with Crippen LogP contribution in [-0.4, -0.2) is 27.3 Å². The minimum absolute atomic E-state index is 0.111. The first kappa shape index (κ1) is 12.4. The molecular weight excluding hydrogens is 238 g/mol. The maximum absolute atomic E-state index is 11.4. The van der Waals surface area contributed by atoms with E-state index in [1.807, 2.05) is 0 Å². The zero-order valence-electron chi connectivity index (χ0n) is 10.1. The van der Waals surface area contributed by atoms with Crippen LogP contribution in [0.2, 0.25) is 0 Å². The molecule has 1 aromatic rings. The highest BCUT2D eigenvalue weighted by atomic mass is 32.2. The Balaban J connectivity index is 2.35. The Labute approximate surface area is 102 Å². The van der Waals surface area contributed by atoms with E-state index in [2.05, 4.69) is 0 Å². The first-order chi connectivity index (χ1) is 7.84. The summed E-state index contributed by atoms with van der Waals surface area (Å²) in [6, 6.07) is 4.97. The lowest BCUT2D eigenvalue weighted by Crippen LogP contribution is -2.24. The zero-order chi connectivity index (χ0) is 12.7. The second-order valence-electron chi connectivity index (χ2n) is 4.78. The molecule has 5 heteroatoms. The smallest absolute Gasteiger partial charge is 0.175 e. The Hall–Kier alpha value is -1.07. The molecule has 0 heterocycles. The van der Waals surface area contributed by atoms with Crippen molar-refractivity contribution < 1.29 is 13.2 Å². The number of hydrogen-bond acceptors (Lipinski definition) is 4. The third-order valence-electron chi connectivity index (χ3n) is 3.12. The lowest BCUT2D eigenvalue weighted by atomic mass is 10.0. The molecule has 0 saturated heterocycles. The van der Waals surface area contributed by atoms with E-state index in [4.69, 9.17) is 10.5 Å². The van der Waals surface area contributed by atoms with Gasteiger partial charge in [0, 0.05) is 11.8 Å². The molecule has 2 N–H and O–H groups in total. The third-order valence-corrected chi connectivity index (χ3v) is 4.23. The van der Waals surface area contributed by atoms with E-state index < -0.39 is 9.84 Å². The van der Waals surface area contributed by atoms with Gasteiger partial charge in [0.1, 0.15) is 5.75 Å². The van der Waals surface area contributed by atoms with Gasteiger partial charge in [0.2, 0.25) is 0 Å². The fraction of sp³-hybridized carbons (Fsp3) is 0.500. The van der Waals surface area contributed by atoms with Gasteiger partial charge in [-0.3, -0.25) is 0 Å². The largest absolute Gasteiger partial charge is 0.496 e. The molecule has 0 spiro atoms. The summed E-state index contributed by atoms with van der Waals surface area (Å²) in [5.41, 5.74) is 6.91. The van der Waals surface area contributed by atoms with Gasteiger partial charge in [-0.2, -0.15) is 0 Å². The Bertz CT molecular complexity index is 533. The summed E-state index contributed by atoms with van der Waals surface area (Å²) in [4.78, 5) is 0.278. The minimum Gasteiger partial charge on any atom is -0.496 e. The molecule has 1 fully saturated rings. The molecule has 1 aliphatic carbocycles. The molecule has 0 amide bonds. The van der Waals surface area contributed by atoms with Crippen molar-refractivity contribution in [2.24, 2.45) is 5.73 Å². The van der Waals surface area contributed by atoms with Gasteiger partial charge >= 0.3 is 0 Å². The lowest BCUT2D eigenvalue weighted by molar-refractivity contribution is 0.406. The Morgan fingerprint density at radius 1 is 1.41 bits per heavy atom. The third kappa shape index (κ3) is 2.79. The van der Waals surface area contributed by atoms with Gasteiger partial charge in [0.05, 0.1) is 12.0 Å². The molecule has 0 atom stereocenters. The van der Waals surface area contributed by atoms with Crippen molar-refractivity contribution in [2.75, 3.05) is 13.4 Å². The van der Waals surface area contributed by atoms with Crippen molar-refractivity contribution in [3.63, 3.8) is 0 Å². The summed E-state index contributed by atoms with van der Waals surface area (Å²) >= 11 is 0. The van der Waals surface area contributed by atoms with E-state index >= 15 is 0 Å². The second kappa shape index (κ2) is 3.99. The predicted octanol–water partition coefficient (Wildman–Crippen LogP) is 1.13. The van der Waals surface area contributed by atoms with Crippen molar-refractivity contribution in [3.05, 3.63) is 23.8 Å². The van der Waals surface area contributed by atoms with Gasteiger partial charge in [-0.25, -0.2) is 8.42 Å². The van der Waals surface area contributed by atoms with Crippen LogP contribution < -0.4 is 10.5 Å². The molecule has 1 aliphatic rings. The number of benzene rings is 1. The number of hydrogen-bond donors (Lipinski definition) is 1. The molecule has 0 aromatic heterocycles. The monoisotopic (exact) mass is 255 g/mol. The fourth-order valence-electron chi connectivity index (χ4n) is 1.82. The normalized spacial score (nSPS) is 17.8. The lowest BCUT2D eigenvalue weighted by Gasteiger charge is -2.13. The topological polar surface area (TPSA) is 69.4 Å². The van der Waals surface area contributed by atoms with E-state index in [0.717, 1.165) is 24.8 Å². The van der Waals surface area contributed by atoms with Crippen molar-refractivity contribution in [2.45, 2.75) is 29.7 Å². The standard InChI is InChI=1S/C12H17NO3S/c1-16-11-7-10(17(2,14)15)4-3-9(11)8-12(13)5-6-12/h3-4,7H,5-6,8,13H2,1-2H3. The van der Waals surface area contributed by atoms with Gasteiger partial charge in [0.15, 0.2) is 9.84 Å². The van der Waals surface area contributed by atoms with Crippen LogP contribution in [0.5, 0.6) is 5.75 Å². The Morgan fingerprint density at radius 2 is 2.06 bits per heavy atom. The molecule has 94 valence electrons. The average molecular weight is 255 g/mol. The van der Waals surface area contributed by atoms with Gasteiger partial charge < -0.3 is 10.5 Å². The van der Waals surface area contributed by atoms with Crippen LogP contribution in [0.25, 0.3) is 0 Å². The van der Waals surface area contributed by atoms with Gasteiger partial charge in [-0.05, 0) is 37.0 Å². The van der Waals surface area contributed by atoms with E-state index in [-0.39, 0.29) is 10.4 Å². The molecule has 1 aromatic carbocycles. The molecule has 0 bridgehead atoms. The fourth-order valence-corrected chi connectivity index (χ4v) is 2.45. The highest BCUT2D eigenvalue weighted by Gasteiger charge is 2.38. The van der Waals surface area contributed by atoms with E-state index in [0.29, 0.717) is 5.75 Å². The Morgan fingerprint density at radius 3 is 2.53 bits per heavy atom. The maximum Gasteiger partial charge on any atom is 0.175 e. The summed E-state index contributed by atoms with van der Waals surface area (Å²) in [6.07, 6.45) is 3.96. The molecule has 0 radical (unpaired) electrons. The number of nitrogens with two attached hydrogens (primary N) is 1. The first-order valence-electron chi connectivity index (χ1n) is 5.50. The highest BCUT2D eigenvalue weighted by Crippen LogP contribution is 2.38. The van der Waals surface area contributed by atoms with Crippen molar-refractivity contribution in [1.29, 1.82) is 0 Å². The second-order valence-corrected chi connectivity index (χ2v) is 6.80. The molecular formula is C12H17NO3S. The summed E-state index contributed by atoms with van der Waals surface area (Å²) in [6.45, 7) is 0. The van der Waals surface area contributed by atoms with Crippen LogP contribution in [0, 0.1) is 0 Å². The predicted molar refractivity (Wildman–Crippen MR) is 66.0 cm³/mol. The van der Waals surface area contributed by atoms with Gasteiger partial charge in [0.25, 0.3) is 0 Å². The summed E-state index contributed by atoms with van der Waals surface area (Å²) in [5, 5.41) is 0. The number of ether oxygens (including phenoxy) is 1. The first-order valence-corrected chi connectivity index (χ1v) is 7.39. The van der Waals surface area contributed by atoms with E-state index in [9.17, 15) is 8.42 Å². The average Bonchev–Trinajstić information content (AvgIpc) is 2.95. The minimum atomic E-state index is -3.19. The van der Waals surface area contributed by atoms with Gasteiger partial charge in [-0.15, -0.1) is 0 Å². The Kier molecular flexibility index (Phi) is 2.91. The summed E-state index contributed by atoms with van der Waals surface area (Å²) < 4.78 is 28.1. The van der Waals surface area contributed by atoms with Crippen LogP contribution in [0.3, 0.4) is 0 Å². The number of methoxy groups -OCH3 is 1. The van der Waals surface area contributed by atoms with Crippen LogP contribution >= 0.6 is 0 Å². The van der Waals surface area contributed by atoms with Crippen molar-refractivity contribution in [3.8, 4) is 5.75 Å². The van der Waals surface area contributed by atoms with Crippen molar-refractivity contribution >= 4 is 9.84 Å². The summed E-state index contributed by atoms with van der Waals surface area (Å²) in [5.74, 6) is 0.602. The van der Waals surface area contributed by atoms with Crippen LogP contribution in [0.15, 0.2) is 23.1 Å². The van der Waals surface area contributed by atoms with Gasteiger partial charge in [-0.1, -0.05) is 6.07 Å². The van der Waals surface area contributed by atoms with E-state index in [1.54, 1.807) is 25.3 Å². The summed E-state index contributed by atoms with van der Waals surface area (Å²) in [7, 11) is -1.65. The van der Waals surface area contributed by atoms with Crippen LogP contribution in [0.4, 0.5) is 0 Å². The number of rotatable bonds is 4. The quantitative estimate of drug-likeness (QED) is 0.875. The molecule has 0 unspecified atom stereocenters. The van der Waals surface area contributed by atoms with E-state index in [1.165, 1.54) is 6.26 Å². The molecule has 1 saturated carbocycles. The van der Waals surface area contributed by atoms with Crippen LogP contribution in [-0.2, 0) is 16.3 Å². The van der Waals surface area contributed by atoms with Crippen LogP contribution in [0.1, 0.15) is 18.4 Å². The highest BCUT2D eigenvalue weighted by molar-refractivity contribution is 7.90. The maximum atomic E-state index is 11.4. The molecule has 0 aliphatic heterocycles. The zero-order valence-corrected chi connectivity index (χ0v) is 10.9. The SMILES string of the molecule is COc1cc(S(C)(=O)=O)ccc1CC1(N)CC1. The molecule has 17 heavy (non-hydrogen) atoms. The molecule has 4 nitrogen and oxygen atoms in total. The molecule has 2 rings (SSSR count).